The Labute approximate surface area is 147 Å². The van der Waals surface area contributed by atoms with Crippen molar-refractivity contribution in [3.63, 3.8) is 0 Å². The predicted molar refractivity (Wildman–Crippen MR) is 94.6 cm³/mol. The molecule has 1 atom stereocenters. The minimum atomic E-state index is -0.291. The minimum absolute atomic E-state index is 0.0919. The van der Waals surface area contributed by atoms with Crippen LogP contribution in [0, 0.1) is 5.82 Å². The summed E-state index contributed by atoms with van der Waals surface area (Å²) in [5.41, 5.74) is 0.856. The van der Waals surface area contributed by atoms with Crippen molar-refractivity contribution in [2.24, 2.45) is 7.05 Å². The summed E-state index contributed by atoms with van der Waals surface area (Å²) in [4.78, 5) is 17.6. The topological polar surface area (TPSA) is 46.9 Å². The van der Waals surface area contributed by atoms with E-state index in [-0.39, 0.29) is 23.5 Å². The minimum Gasteiger partial charge on any atom is -0.344 e. The number of rotatable bonds is 6. The molecule has 4 nitrogen and oxygen atoms in total. The van der Waals surface area contributed by atoms with Crippen LogP contribution in [0.25, 0.3) is 0 Å². The average molecular weight is 361 g/mol. The van der Waals surface area contributed by atoms with E-state index in [1.165, 1.54) is 23.9 Å². The molecule has 7 heteroatoms. The number of benzene rings is 1. The van der Waals surface area contributed by atoms with E-state index in [1.807, 2.05) is 35.3 Å². The third-order valence-electron chi connectivity index (χ3n) is 3.45. The molecule has 24 heavy (non-hydrogen) atoms. The van der Waals surface area contributed by atoms with E-state index in [0.717, 1.165) is 15.6 Å². The van der Waals surface area contributed by atoms with Gasteiger partial charge in [0.15, 0.2) is 5.16 Å². The molecule has 3 rings (SSSR count). The second kappa shape index (κ2) is 7.63. The van der Waals surface area contributed by atoms with E-state index in [4.69, 9.17) is 0 Å². The first-order valence-electron chi connectivity index (χ1n) is 7.32. The van der Waals surface area contributed by atoms with Crippen LogP contribution >= 0.6 is 23.1 Å². The van der Waals surface area contributed by atoms with Gasteiger partial charge in [-0.3, -0.25) is 4.79 Å². The molecule has 1 aromatic carbocycles. The summed E-state index contributed by atoms with van der Waals surface area (Å²) < 4.78 is 15.0. The molecule has 0 saturated heterocycles. The molecule has 0 unspecified atom stereocenters. The molecule has 3 aromatic rings. The van der Waals surface area contributed by atoms with Crippen LogP contribution in [0.2, 0.25) is 0 Å². The fourth-order valence-corrected chi connectivity index (χ4v) is 3.80. The van der Waals surface area contributed by atoms with Gasteiger partial charge in [-0.15, -0.1) is 11.3 Å². The summed E-state index contributed by atoms with van der Waals surface area (Å²) >= 11 is 2.94. The number of aryl methyl sites for hydroxylation is 1. The highest BCUT2D eigenvalue weighted by Crippen LogP contribution is 2.26. The van der Waals surface area contributed by atoms with Crippen molar-refractivity contribution in [3.05, 3.63) is 70.4 Å². The molecule has 2 aromatic heterocycles. The van der Waals surface area contributed by atoms with E-state index < -0.39 is 0 Å². The zero-order valence-electron chi connectivity index (χ0n) is 13.0. The summed E-state index contributed by atoms with van der Waals surface area (Å²) in [5.74, 6) is -0.112. The second-order valence-corrected chi connectivity index (χ2v) is 7.10. The normalized spacial score (nSPS) is 12.1. The quantitative estimate of drug-likeness (QED) is 0.682. The van der Waals surface area contributed by atoms with Crippen molar-refractivity contribution in [2.75, 3.05) is 5.75 Å². The van der Waals surface area contributed by atoms with Crippen LogP contribution in [0.3, 0.4) is 0 Å². The Bertz CT molecular complexity index is 800. The molecule has 0 fully saturated rings. The molecule has 2 heterocycles. The smallest absolute Gasteiger partial charge is 0.231 e. The number of thioether (sulfide) groups is 1. The van der Waals surface area contributed by atoms with Gasteiger partial charge in [0.1, 0.15) is 5.82 Å². The largest absolute Gasteiger partial charge is 0.344 e. The first kappa shape index (κ1) is 16.7. The Balaban J connectivity index is 1.71. The summed E-state index contributed by atoms with van der Waals surface area (Å²) in [6.45, 7) is 0. The van der Waals surface area contributed by atoms with Crippen molar-refractivity contribution < 1.29 is 9.18 Å². The van der Waals surface area contributed by atoms with Crippen LogP contribution < -0.4 is 5.32 Å². The van der Waals surface area contributed by atoms with E-state index in [2.05, 4.69) is 10.3 Å². The lowest BCUT2D eigenvalue weighted by Gasteiger charge is -2.18. The monoisotopic (exact) mass is 361 g/mol. The van der Waals surface area contributed by atoms with Gasteiger partial charge in [0.2, 0.25) is 5.91 Å². The van der Waals surface area contributed by atoms with Crippen LogP contribution in [0.4, 0.5) is 4.39 Å². The van der Waals surface area contributed by atoms with Crippen molar-refractivity contribution in [3.8, 4) is 0 Å². The third-order valence-corrected chi connectivity index (χ3v) is 5.44. The number of carbonyl (C=O) groups is 1. The first-order valence-corrected chi connectivity index (χ1v) is 9.18. The molecule has 0 aliphatic carbocycles. The number of thiophene rings is 1. The Hall–Kier alpha value is -2.12. The molecule has 1 N–H and O–H groups in total. The highest BCUT2D eigenvalue weighted by Gasteiger charge is 2.18. The van der Waals surface area contributed by atoms with E-state index in [9.17, 15) is 9.18 Å². The summed E-state index contributed by atoms with van der Waals surface area (Å²) in [6.07, 6.45) is 3.54. The van der Waals surface area contributed by atoms with Gasteiger partial charge in [0.05, 0.1) is 11.8 Å². The molecular weight excluding hydrogens is 345 g/mol. The van der Waals surface area contributed by atoms with Gasteiger partial charge in [0, 0.05) is 24.3 Å². The Kier molecular flexibility index (Phi) is 5.32. The number of nitrogens with zero attached hydrogens (tertiary/aromatic N) is 2. The number of nitrogens with one attached hydrogen (secondary N) is 1. The Morgan fingerprint density at radius 1 is 1.38 bits per heavy atom. The maximum absolute atomic E-state index is 13.2. The number of hydrogen-bond acceptors (Lipinski definition) is 4. The number of carbonyl (C=O) groups excluding carboxylic acids is 1. The van der Waals surface area contributed by atoms with Crippen molar-refractivity contribution in [1.82, 2.24) is 14.9 Å². The zero-order valence-corrected chi connectivity index (χ0v) is 14.6. The predicted octanol–water partition coefficient (Wildman–Crippen LogP) is 3.62. The molecular formula is C17H16FN3OS2. The Morgan fingerprint density at radius 3 is 2.79 bits per heavy atom. The average Bonchev–Trinajstić information content (AvgIpc) is 3.23. The lowest BCUT2D eigenvalue weighted by atomic mass is 10.1. The lowest BCUT2D eigenvalue weighted by molar-refractivity contribution is -0.119. The standard InChI is InChI=1S/C17H16FN3OS2/c1-21-9-8-19-17(21)24-11-15(22)20-16(14-3-2-10-23-14)12-4-6-13(18)7-5-12/h2-10,16H,11H2,1H3,(H,20,22)/t16-/m0/s1. The molecule has 0 spiro atoms. The fraction of sp³-hybridized carbons (Fsp3) is 0.176. The maximum Gasteiger partial charge on any atom is 0.231 e. The third kappa shape index (κ3) is 4.04. The fourth-order valence-electron chi connectivity index (χ4n) is 2.25. The SMILES string of the molecule is Cn1ccnc1SCC(=O)N[C@@H](c1ccc(F)cc1)c1cccs1. The number of imidazole rings is 1. The highest BCUT2D eigenvalue weighted by atomic mass is 32.2. The Morgan fingerprint density at radius 2 is 2.17 bits per heavy atom. The highest BCUT2D eigenvalue weighted by molar-refractivity contribution is 7.99. The van der Waals surface area contributed by atoms with Gasteiger partial charge in [0.25, 0.3) is 0 Å². The van der Waals surface area contributed by atoms with E-state index in [1.54, 1.807) is 29.7 Å². The van der Waals surface area contributed by atoms with Gasteiger partial charge in [-0.1, -0.05) is 30.0 Å². The van der Waals surface area contributed by atoms with Crippen LogP contribution in [0.15, 0.2) is 59.3 Å². The number of halogens is 1. The molecule has 0 aliphatic rings. The van der Waals surface area contributed by atoms with Gasteiger partial charge < -0.3 is 9.88 Å². The molecule has 0 radical (unpaired) electrons. The van der Waals surface area contributed by atoms with Crippen molar-refractivity contribution in [1.29, 1.82) is 0 Å². The summed E-state index contributed by atoms with van der Waals surface area (Å²) in [5, 5.41) is 5.78. The van der Waals surface area contributed by atoms with Crippen molar-refractivity contribution in [2.45, 2.75) is 11.2 Å². The van der Waals surface area contributed by atoms with Crippen LogP contribution in [0.5, 0.6) is 0 Å². The van der Waals surface area contributed by atoms with Gasteiger partial charge >= 0.3 is 0 Å². The number of aromatic nitrogens is 2. The van der Waals surface area contributed by atoms with Gasteiger partial charge in [-0.2, -0.15) is 0 Å². The summed E-state index contributed by atoms with van der Waals surface area (Å²) in [6, 6.07) is 9.84. The number of hydrogen-bond donors (Lipinski definition) is 1. The molecule has 0 saturated carbocycles. The molecule has 0 aliphatic heterocycles. The van der Waals surface area contributed by atoms with E-state index in [0.29, 0.717) is 0 Å². The summed E-state index contributed by atoms with van der Waals surface area (Å²) in [7, 11) is 1.89. The van der Waals surface area contributed by atoms with Crippen LogP contribution in [-0.2, 0) is 11.8 Å². The van der Waals surface area contributed by atoms with Crippen molar-refractivity contribution >= 4 is 29.0 Å². The lowest BCUT2D eigenvalue weighted by Crippen LogP contribution is -2.30. The van der Waals surface area contributed by atoms with E-state index >= 15 is 0 Å². The molecule has 1 amide bonds. The zero-order chi connectivity index (χ0) is 16.9. The second-order valence-electron chi connectivity index (χ2n) is 5.18. The van der Waals surface area contributed by atoms with Gasteiger partial charge in [-0.25, -0.2) is 9.37 Å². The van der Waals surface area contributed by atoms with Crippen LogP contribution in [-0.4, -0.2) is 21.2 Å². The van der Waals surface area contributed by atoms with Gasteiger partial charge in [-0.05, 0) is 29.1 Å². The first-order chi connectivity index (χ1) is 11.6. The molecule has 0 bridgehead atoms. The maximum atomic E-state index is 13.2. The molecule has 124 valence electrons. The van der Waals surface area contributed by atoms with Crippen LogP contribution in [0.1, 0.15) is 16.5 Å². The number of amides is 1.